The van der Waals surface area contributed by atoms with E-state index in [1.807, 2.05) is 33.8 Å². The molecule has 14 heteroatoms. The second kappa shape index (κ2) is 12.7. The van der Waals surface area contributed by atoms with Gasteiger partial charge in [0.2, 0.25) is 0 Å². The molecule has 0 unspecified atom stereocenters. The first-order valence-electron chi connectivity index (χ1n) is 15.1. The minimum absolute atomic E-state index is 0.0236. The van der Waals surface area contributed by atoms with E-state index in [9.17, 15) is 24.3 Å². The number of carbonyl (C=O) groups excluding carboxylic acids is 4. The molecule has 2 aromatic heterocycles. The molecule has 2 saturated heterocycles. The van der Waals surface area contributed by atoms with Crippen molar-refractivity contribution in [1.29, 1.82) is 0 Å². The lowest BCUT2D eigenvalue weighted by Gasteiger charge is -2.30. The van der Waals surface area contributed by atoms with E-state index in [1.165, 1.54) is 13.3 Å². The van der Waals surface area contributed by atoms with Crippen LogP contribution in [0.15, 0.2) is 18.5 Å². The summed E-state index contributed by atoms with van der Waals surface area (Å²) in [5, 5.41) is 13.7. The number of fused-ring (bicyclic) bond motifs is 1. The lowest BCUT2D eigenvalue weighted by atomic mass is 9.78. The third-order valence-corrected chi connectivity index (χ3v) is 8.22. The summed E-state index contributed by atoms with van der Waals surface area (Å²) in [6.45, 7) is 9.98. The van der Waals surface area contributed by atoms with Gasteiger partial charge in [0.05, 0.1) is 12.7 Å². The average molecular weight is 648 g/mol. The Hall–Kier alpha value is -4.87. The minimum Gasteiger partial charge on any atom is -0.461 e. The molecule has 1 amide bonds. The fraction of sp³-hybridized carbons (Fsp3) is 0.485. The maximum Gasteiger partial charge on any atom is 0.308 e. The number of aliphatic hydroxyl groups excluding tert-OH is 1. The highest BCUT2D eigenvalue weighted by Crippen LogP contribution is 2.40. The predicted molar refractivity (Wildman–Crippen MR) is 166 cm³/mol. The van der Waals surface area contributed by atoms with Gasteiger partial charge >= 0.3 is 17.9 Å². The number of hydrogen-bond donors (Lipinski definition) is 2. The maximum absolute atomic E-state index is 13.2. The van der Waals surface area contributed by atoms with E-state index in [-0.39, 0.29) is 37.0 Å². The quantitative estimate of drug-likeness (QED) is 0.197. The van der Waals surface area contributed by atoms with E-state index in [0.29, 0.717) is 22.8 Å². The second-order valence-corrected chi connectivity index (χ2v) is 12.6. The molecule has 2 aliphatic rings. The number of hydrogen-bond acceptors (Lipinski definition) is 12. The molecule has 47 heavy (non-hydrogen) atoms. The predicted octanol–water partition coefficient (Wildman–Crippen LogP) is 2.88. The number of aryl methyl sites for hydroxylation is 3. The monoisotopic (exact) mass is 647 g/mol. The van der Waals surface area contributed by atoms with Gasteiger partial charge in [-0.15, -0.1) is 6.42 Å². The molecule has 5 rings (SSSR count). The second-order valence-electron chi connectivity index (χ2n) is 12.6. The molecule has 1 aromatic carbocycles. The number of nitrogens with zero attached hydrogens (tertiary/aromatic N) is 4. The van der Waals surface area contributed by atoms with Gasteiger partial charge in [-0.3, -0.25) is 23.7 Å². The summed E-state index contributed by atoms with van der Waals surface area (Å²) >= 11 is 0. The number of cyclic esters (lactones) is 1. The van der Waals surface area contributed by atoms with Crippen LogP contribution in [0.25, 0.3) is 11.2 Å². The Bertz CT molecular complexity index is 1810. The Kier molecular flexibility index (Phi) is 9.07. The smallest absolute Gasteiger partial charge is 0.308 e. The number of carbonyl (C=O) groups is 4. The van der Waals surface area contributed by atoms with Crippen LogP contribution in [0.3, 0.4) is 0 Å². The number of imidazole rings is 1. The Morgan fingerprint density at radius 3 is 2.64 bits per heavy atom. The molecule has 2 fully saturated rings. The Labute approximate surface area is 271 Å². The van der Waals surface area contributed by atoms with Gasteiger partial charge < -0.3 is 29.4 Å². The maximum atomic E-state index is 13.2. The molecular formula is C33H37N5O9. The van der Waals surface area contributed by atoms with Gasteiger partial charge in [-0.25, -0.2) is 15.0 Å². The molecule has 0 saturated carbocycles. The van der Waals surface area contributed by atoms with Crippen LogP contribution >= 0.6 is 0 Å². The SMILES string of the molecule is C#C[C@]1(COC(=O)CC(C)(C)c2c(C)cc(C)cc2OC(C)=O)O[C@@H](n2cnc3c(NC(=O)[C@H]4CCC(=O)O4)nc(C)nc32)C[C@@H]1O. The van der Waals surface area contributed by atoms with Crippen LogP contribution < -0.4 is 10.1 Å². The first-order valence-corrected chi connectivity index (χ1v) is 15.1. The average Bonchev–Trinajstić information content (AvgIpc) is 3.67. The third-order valence-electron chi connectivity index (χ3n) is 8.22. The number of amides is 1. The van der Waals surface area contributed by atoms with Gasteiger partial charge in [0, 0.05) is 37.2 Å². The Balaban J connectivity index is 1.31. The normalized spacial score (nSPS) is 22.5. The summed E-state index contributed by atoms with van der Waals surface area (Å²) < 4.78 is 23.9. The topological polar surface area (TPSA) is 181 Å². The van der Waals surface area contributed by atoms with Gasteiger partial charge in [-0.2, -0.15) is 0 Å². The molecule has 2 N–H and O–H groups in total. The van der Waals surface area contributed by atoms with Crippen LogP contribution in [0.4, 0.5) is 5.82 Å². The third kappa shape index (κ3) is 6.81. The summed E-state index contributed by atoms with van der Waals surface area (Å²) in [5.41, 5.74) is 0.546. The minimum atomic E-state index is -1.67. The van der Waals surface area contributed by atoms with Crippen LogP contribution in [-0.2, 0) is 38.8 Å². The van der Waals surface area contributed by atoms with Crippen LogP contribution in [0.1, 0.15) is 75.2 Å². The zero-order valence-electron chi connectivity index (χ0n) is 27.1. The molecule has 248 valence electrons. The number of rotatable bonds is 9. The lowest BCUT2D eigenvalue weighted by molar-refractivity contribution is -0.157. The molecule has 0 aliphatic carbocycles. The van der Waals surface area contributed by atoms with Crippen molar-refractivity contribution in [1.82, 2.24) is 19.5 Å². The fourth-order valence-corrected chi connectivity index (χ4v) is 6.17. The summed E-state index contributed by atoms with van der Waals surface area (Å²) in [4.78, 5) is 62.3. The van der Waals surface area contributed by atoms with Gasteiger partial charge in [-0.1, -0.05) is 25.8 Å². The zero-order valence-corrected chi connectivity index (χ0v) is 27.1. The number of anilines is 1. The van der Waals surface area contributed by atoms with E-state index in [0.717, 1.165) is 11.1 Å². The van der Waals surface area contributed by atoms with Gasteiger partial charge in [0.1, 0.15) is 30.5 Å². The van der Waals surface area contributed by atoms with E-state index >= 15 is 0 Å². The molecular weight excluding hydrogens is 610 g/mol. The van der Waals surface area contributed by atoms with Crippen molar-refractivity contribution >= 4 is 40.8 Å². The van der Waals surface area contributed by atoms with Gasteiger partial charge in [-0.05, 0) is 38.0 Å². The van der Waals surface area contributed by atoms with Crippen molar-refractivity contribution in [3.8, 4) is 18.1 Å². The Morgan fingerprint density at radius 2 is 1.98 bits per heavy atom. The lowest BCUT2D eigenvalue weighted by Crippen LogP contribution is -2.43. The number of ether oxygens (including phenoxy) is 4. The van der Waals surface area contributed by atoms with Crippen molar-refractivity contribution < 1.29 is 43.2 Å². The van der Waals surface area contributed by atoms with Crippen molar-refractivity contribution in [3.05, 3.63) is 41.0 Å². The van der Waals surface area contributed by atoms with Gasteiger partial charge in [0.25, 0.3) is 5.91 Å². The summed E-state index contributed by atoms with van der Waals surface area (Å²) in [6, 6.07) is 3.70. The summed E-state index contributed by atoms with van der Waals surface area (Å²) in [5.74, 6) is 1.24. The molecule has 0 bridgehead atoms. The zero-order chi connectivity index (χ0) is 34.3. The molecule has 0 spiro atoms. The number of aromatic nitrogens is 4. The van der Waals surface area contributed by atoms with E-state index < -0.39 is 59.9 Å². The number of esters is 3. The standard InChI is InChI=1S/C33H37N5O9/c1-8-33(15-44-26(42)14-32(6,7)27-18(3)11-17(2)12-22(27)45-20(5)39)23(40)13-24(47-33)38-16-34-28-29(35-19(4)36-30(28)38)37-31(43)21-9-10-25(41)46-21/h1,11-12,16,21,23-24,40H,9-10,13-15H2,2-7H3,(H,35,36,37,43)/t21-,23+,24-,33-/m1/s1. The highest BCUT2D eigenvalue weighted by atomic mass is 16.6. The number of benzene rings is 1. The highest BCUT2D eigenvalue weighted by Gasteiger charge is 2.49. The van der Waals surface area contributed by atoms with Crippen molar-refractivity contribution in [2.24, 2.45) is 0 Å². The fourth-order valence-electron chi connectivity index (χ4n) is 6.17. The first-order chi connectivity index (χ1) is 22.1. The van der Waals surface area contributed by atoms with Crippen molar-refractivity contribution in [3.63, 3.8) is 0 Å². The number of aliphatic hydroxyl groups is 1. The van der Waals surface area contributed by atoms with Crippen LogP contribution in [0.5, 0.6) is 5.75 Å². The summed E-state index contributed by atoms with van der Waals surface area (Å²) in [7, 11) is 0. The van der Waals surface area contributed by atoms with Crippen molar-refractivity contribution in [2.75, 3.05) is 11.9 Å². The first kappa shape index (κ1) is 33.5. The summed E-state index contributed by atoms with van der Waals surface area (Å²) in [6.07, 6.45) is 4.64. The van der Waals surface area contributed by atoms with Gasteiger partial charge in [0.15, 0.2) is 28.7 Å². The van der Waals surface area contributed by atoms with E-state index in [4.69, 9.17) is 25.4 Å². The molecule has 4 heterocycles. The van der Waals surface area contributed by atoms with E-state index in [1.54, 1.807) is 17.6 Å². The molecule has 0 radical (unpaired) electrons. The van der Waals surface area contributed by atoms with Crippen LogP contribution in [0, 0.1) is 33.1 Å². The molecule has 2 aliphatic heterocycles. The number of nitrogens with one attached hydrogen (secondary N) is 1. The number of terminal acetylenes is 1. The van der Waals surface area contributed by atoms with Crippen LogP contribution in [-0.4, -0.2) is 72.9 Å². The Morgan fingerprint density at radius 1 is 1.23 bits per heavy atom. The highest BCUT2D eigenvalue weighted by molar-refractivity contribution is 6.00. The molecule has 3 aromatic rings. The van der Waals surface area contributed by atoms with Crippen molar-refractivity contribution in [2.45, 2.75) is 96.7 Å². The molecule has 14 nitrogen and oxygen atoms in total. The van der Waals surface area contributed by atoms with Crippen LogP contribution in [0.2, 0.25) is 0 Å². The largest absolute Gasteiger partial charge is 0.461 e. The van der Waals surface area contributed by atoms with E-state index in [2.05, 4.69) is 26.2 Å². The molecule has 4 atom stereocenters.